The van der Waals surface area contributed by atoms with Gasteiger partial charge in [-0.1, -0.05) is 28.1 Å². The van der Waals surface area contributed by atoms with E-state index in [2.05, 4.69) is 26.3 Å². The van der Waals surface area contributed by atoms with Crippen molar-refractivity contribution in [3.8, 4) is 0 Å². The van der Waals surface area contributed by atoms with Crippen LogP contribution in [0.5, 0.6) is 0 Å². The van der Waals surface area contributed by atoms with E-state index in [1.54, 1.807) is 6.21 Å². The van der Waals surface area contributed by atoms with Crippen molar-refractivity contribution in [2.24, 2.45) is 5.10 Å². The molecular weight excluding hydrogens is 258 g/mol. The Labute approximate surface area is 96.1 Å². The molecule has 78 valence electrons. The van der Waals surface area contributed by atoms with Crippen molar-refractivity contribution in [2.45, 2.75) is 0 Å². The van der Waals surface area contributed by atoms with Crippen LogP contribution in [0.2, 0.25) is 0 Å². The molecule has 1 aromatic carbocycles. The van der Waals surface area contributed by atoms with Gasteiger partial charge >= 0.3 is 6.03 Å². The fourth-order valence-electron chi connectivity index (χ4n) is 1.29. The van der Waals surface area contributed by atoms with Crippen LogP contribution in [0.15, 0.2) is 33.8 Å². The van der Waals surface area contributed by atoms with Crippen molar-refractivity contribution in [1.29, 1.82) is 0 Å². The zero-order valence-corrected chi connectivity index (χ0v) is 9.57. The predicted octanol–water partition coefficient (Wildman–Crippen LogP) is 1.81. The quantitative estimate of drug-likeness (QED) is 0.817. The van der Waals surface area contributed by atoms with Gasteiger partial charge in [-0.15, -0.1) is 0 Å². The van der Waals surface area contributed by atoms with Gasteiger partial charge in [0.2, 0.25) is 0 Å². The lowest BCUT2D eigenvalue weighted by atomic mass is 10.2. The maximum absolute atomic E-state index is 11.2. The maximum atomic E-state index is 11.2. The smallest absolute Gasteiger partial charge is 0.335 e. The van der Waals surface area contributed by atoms with Crippen molar-refractivity contribution in [1.82, 2.24) is 10.3 Å². The second-order valence-electron chi connectivity index (χ2n) is 3.15. The van der Waals surface area contributed by atoms with Crippen molar-refractivity contribution in [2.75, 3.05) is 13.1 Å². The lowest BCUT2D eigenvalue weighted by molar-refractivity contribution is 0.219. The van der Waals surface area contributed by atoms with E-state index in [0.717, 1.165) is 10.0 Å². The second kappa shape index (κ2) is 4.44. The lowest BCUT2D eigenvalue weighted by Gasteiger charge is -2.05. The number of rotatable bonds is 2. The molecule has 2 amide bonds. The van der Waals surface area contributed by atoms with E-state index in [-0.39, 0.29) is 6.03 Å². The largest absolute Gasteiger partial charge is 0.337 e. The summed E-state index contributed by atoms with van der Waals surface area (Å²) >= 11 is 3.37. The van der Waals surface area contributed by atoms with Gasteiger partial charge in [-0.3, -0.25) is 0 Å². The molecule has 0 aromatic heterocycles. The molecule has 1 saturated heterocycles. The van der Waals surface area contributed by atoms with Crippen LogP contribution in [-0.2, 0) is 0 Å². The van der Waals surface area contributed by atoms with E-state index in [1.807, 2.05) is 24.3 Å². The summed E-state index contributed by atoms with van der Waals surface area (Å²) in [5, 5.41) is 8.19. The van der Waals surface area contributed by atoms with E-state index in [0.29, 0.717) is 13.1 Å². The Kier molecular flexibility index (Phi) is 3.01. The van der Waals surface area contributed by atoms with Crippen LogP contribution in [-0.4, -0.2) is 30.3 Å². The fraction of sp³-hybridized carbons (Fsp3) is 0.200. The monoisotopic (exact) mass is 267 g/mol. The second-order valence-corrected chi connectivity index (χ2v) is 4.07. The van der Waals surface area contributed by atoms with Crippen molar-refractivity contribution in [3.63, 3.8) is 0 Å². The number of nitrogens with zero attached hydrogens (tertiary/aromatic N) is 2. The Morgan fingerprint density at radius 3 is 3.07 bits per heavy atom. The topological polar surface area (TPSA) is 44.7 Å². The number of carbonyl (C=O) groups is 1. The summed E-state index contributed by atoms with van der Waals surface area (Å²) in [6, 6.07) is 7.61. The minimum atomic E-state index is -0.138. The molecule has 1 N–H and O–H groups in total. The summed E-state index contributed by atoms with van der Waals surface area (Å²) in [6.45, 7) is 1.29. The van der Waals surface area contributed by atoms with Gasteiger partial charge in [0, 0.05) is 11.0 Å². The van der Waals surface area contributed by atoms with Gasteiger partial charge in [-0.2, -0.15) is 5.10 Å². The average molecular weight is 268 g/mol. The van der Waals surface area contributed by atoms with Gasteiger partial charge in [0.1, 0.15) is 0 Å². The highest BCUT2D eigenvalue weighted by molar-refractivity contribution is 9.10. The first-order valence-electron chi connectivity index (χ1n) is 4.60. The summed E-state index contributed by atoms with van der Waals surface area (Å²) in [7, 11) is 0. The molecule has 2 rings (SSSR count). The number of benzene rings is 1. The van der Waals surface area contributed by atoms with Crippen molar-refractivity contribution < 1.29 is 4.79 Å². The average Bonchev–Trinajstić information content (AvgIpc) is 2.61. The lowest BCUT2D eigenvalue weighted by Crippen LogP contribution is -2.23. The standard InChI is InChI=1S/C10H10BrN3O/c11-9-3-1-2-8(6-9)7-13-14-5-4-12-10(14)15/h1-3,6-7H,4-5H2,(H,12,15)/b13-7+. The summed E-state index contributed by atoms with van der Waals surface area (Å²) in [5.74, 6) is 0. The molecular formula is C10H10BrN3O. The fourth-order valence-corrected chi connectivity index (χ4v) is 1.71. The Morgan fingerprint density at radius 1 is 1.53 bits per heavy atom. The molecule has 0 bridgehead atoms. The highest BCUT2D eigenvalue weighted by Gasteiger charge is 2.17. The van der Waals surface area contributed by atoms with E-state index >= 15 is 0 Å². The third kappa shape index (κ3) is 2.56. The van der Waals surface area contributed by atoms with Crippen LogP contribution in [0, 0.1) is 0 Å². The molecule has 1 fully saturated rings. The zero-order valence-electron chi connectivity index (χ0n) is 7.98. The first-order chi connectivity index (χ1) is 7.25. The minimum Gasteiger partial charge on any atom is -0.335 e. The molecule has 0 saturated carbocycles. The first-order valence-corrected chi connectivity index (χ1v) is 5.40. The third-order valence-corrected chi connectivity index (χ3v) is 2.52. The van der Waals surface area contributed by atoms with Crippen LogP contribution in [0.4, 0.5) is 4.79 Å². The molecule has 1 aromatic rings. The molecule has 0 radical (unpaired) electrons. The van der Waals surface area contributed by atoms with E-state index in [4.69, 9.17) is 0 Å². The van der Waals surface area contributed by atoms with Gasteiger partial charge in [-0.05, 0) is 17.7 Å². The molecule has 0 aliphatic carbocycles. The highest BCUT2D eigenvalue weighted by atomic mass is 79.9. The van der Waals surface area contributed by atoms with Crippen LogP contribution < -0.4 is 5.32 Å². The van der Waals surface area contributed by atoms with Gasteiger partial charge in [0.15, 0.2) is 0 Å². The molecule has 0 spiro atoms. The van der Waals surface area contributed by atoms with E-state index in [1.165, 1.54) is 5.01 Å². The molecule has 15 heavy (non-hydrogen) atoms. The summed E-state index contributed by atoms with van der Waals surface area (Å²) in [4.78, 5) is 11.2. The maximum Gasteiger partial charge on any atom is 0.337 e. The molecule has 0 unspecified atom stereocenters. The van der Waals surface area contributed by atoms with Gasteiger partial charge in [0.05, 0.1) is 12.8 Å². The minimum absolute atomic E-state index is 0.138. The molecule has 4 nitrogen and oxygen atoms in total. The molecule has 1 heterocycles. The van der Waals surface area contributed by atoms with Gasteiger partial charge in [0.25, 0.3) is 0 Å². The van der Waals surface area contributed by atoms with E-state index < -0.39 is 0 Å². The number of halogens is 1. The van der Waals surface area contributed by atoms with Crippen LogP contribution >= 0.6 is 15.9 Å². The SMILES string of the molecule is O=C1NCCN1/N=C/c1cccc(Br)c1. The summed E-state index contributed by atoms with van der Waals surface area (Å²) in [5.41, 5.74) is 0.962. The number of urea groups is 1. The number of carbonyl (C=O) groups excluding carboxylic acids is 1. The molecule has 5 heteroatoms. The predicted molar refractivity (Wildman–Crippen MR) is 61.8 cm³/mol. The van der Waals surface area contributed by atoms with Crippen molar-refractivity contribution in [3.05, 3.63) is 34.3 Å². The number of hydrogen-bond acceptors (Lipinski definition) is 2. The van der Waals surface area contributed by atoms with Gasteiger partial charge in [-0.25, -0.2) is 9.80 Å². The van der Waals surface area contributed by atoms with Crippen molar-refractivity contribution >= 4 is 28.2 Å². The zero-order chi connectivity index (χ0) is 10.7. The number of nitrogens with one attached hydrogen (secondary N) is 1. The number of hydrazone groups is 1. The van der Waals surface area contributed by atoms with Gasteiger partial charge < -0.3 is 5.32 Å². The Bertz CT molecular complexity index is 405. The Hall–Kier alpha value is -1.36. The summed E-state index contributed by atoms with van der Waals surface area (Å²) in [6.07, 6.45) is 1.68. The Morgan fingerprint density at radius 2 is 2.40 bits per heavy atom. The Balaban J connectivity index is 2.08. The van der Waals surface area contributed by atoms with Crippen LogP contribution in [0.25, 0.3) is 0 Å². The molecule has 1 aliphatic rings. The first kappa shape index (κ1) is 10.2. The summed E-state index contributed by atoms with van der Waals surface area (Å²) < 4.78 is 0.998. The third-order valence-electron chi connectivity index (χ3n) is 2.03. The highest BCUT2D eigenvalue weighted by Crippen LogP contribution is 2.10. The molecule has 0 atom stereocenters. The van der Waals surface area contributed by atoms with Crippen LogP contribution in [0.1, 0.15) is 5.56 Å². The normalized spacial score (nSPS) is 16.1. The van der Waals surface area contributed by atoms with E-state index in [9.17, 15) is 4.79 Å². The number of hydrogen-bond donors (Lipinski definition) is 1. The molecule has 1 aliphatic heterocycles. The van der Waals surface area contributed by atoms with Crippen LogP contribution in [0.3, 0.4) is 0 Å². The number of amides is 2.